The Bertz CT molecular complexity index is 914. The lowest BCUT2D eigenvalue weighted by Gasteiger charge is -2.16. The summed E-state index contributed by atoms with van der Waals surface area (Å²) in [6, 6.07) is 11.6. The Morgan fingerprint density at radius 3 is 2.80 bits per heavy atom. The first-order valence-corrected chi connectivity index (χ1v) is 8.50. The maximum atomic E-state index is 12.6. The van der Waals surface area contributed by atoms with Crippen molar-refractivity contribution in [1.82, 2.24) is 15.1 Å². The SMILES string of the molecule is CCCN(C)C(=O)c1cc2c(Cc3cccc(C)c3)n[nH]c2cc1O. The largest absolute Gasteiger partial charge is 0.507 e. The first-order valence-electron chi connectivity index (χ1n) is 8.50. The molecule has 0 radical (unpaired) electrons. The van der Waals surface area contributed by atoms with Crippen molar-refractivity contribution in [3.8, 4) is 5.75 Å². The van der Waals surface area contributed by atoms with Crippen molar-refractivity contribution in [3.05, 3.63) is 58.8 Å². The van der Waals surface area contributed by atoms with Gasteiger partial charge in [0.25, 0.3) is 5.91 Å². The number of carbonyl (C=O) groups excluding carboxylic acids is 1. The third kappa shape index (κ3) is 3.50. The van der Waals surface area contributed by atoms with Gasteiger partial charge in [0.2, 0.25) is 0 Å². The van der Waals surface area contributed by atoms with Gasteiger partial charge >= 0.3 is 0 Å². The molecule has 2 N–H and O–H groups in total. The van der Waals surface area contributed by atoms with Gasteiger partial charge in [-0.05, 0) is 25.0 Å². The number of aromatic nitrogens is 2. The van der Waals surface area contributed by atoms with Crippen LogP contribution in [0.4, 0.5) is 0 Å². The number of rotatable bonds is 5. The van der Waals surface area contributed by atoms with Gasteiger partial charge in [-0.15, -0.1) is 0 Å². The summed E-state index contributed by atoms with van der Waals surface area (Å²) in [6.45, 7) is 4.73. The van der Waals surface area contributed by atoms with Crippen molar-refractivity contribution < 1.29 is 9.90 Å². The van der Waals surface area contributed by atoms with Crippen molar-refractivity contribution in [2.75, 3.05) is 13.6 Å². The quantitative estimate of drug-likeness (QED) is 0.746. The van der Waals surface area contributed by atoms with Crippen LogP contribution in [0.5, 0.6) is 5.75 Å². The number of nitrogens with zero attached hydrogens (tertiary/aromatic N) is 2. The Hall–Kier alpha value is -2.82. The minimum absolute atomic E-state index is 0.0220. The Morgan fingerprint density at radius 1 is 1.28 bits per heavy atom. The van der Waals surface area contributed by atoms with Crippen LogP contribution in [-0.4, -0.2) is 39.7 Å². The molecule has 3 rings (SSSR count). The van der Waals surface area contributed by atoms with Crippen molar-refractivity contribution in [2.24, 2.45) is 0 Å². The van der Waals surface area contributed by atoms with Gasteiger partial charge in [-0.25, -0.2) is 0 Å². The summed E-state index contributed by atoms with van der Waals surface area (Å²) in [5.74, 6) is -0.199. The van der Waals surface area contributed by atoms with Crippen LogP contribution in [0.1, 0.15) is 40.5 Å². The van der Waals surface area contributed by atoms with Crippen LogP contribution in [0.15, 0.2) is 36.4 Å². The molecule has 0 atom stereocenters. The van der Waals surface area contributed by atoms with Gasteiger partial charge in [0.05, 0.1) is 16.8 Å². The van der Waals surface area contributed by atoms with E-state index in [0.717, 1.165) is 28.6 Å². The van der Waals surface area contributed by atoms with Crippen LogP contribution >= 0.6 is 0 Å². The summed E-state index contributed by atoms with van der Waals surface area (Å²) in [7, 11) is 1.75. The maximum absolute atomic E-state index is 12.6. The zero-order valence-electron chi connectivity index (χ0n) is 14.8. The molecule has 0 unspecified atom stereocenters. The molecule has 5 nitrogen and oxygen atoms in total. The second kappa shape index (κ2) is 6.97. The number of phenolic OH excluding ortho intramolecular Hbond substituents is 1. The third-order valence-corrected chi connectivity index (χ3v) is 4.35. The number of aromatic amines is 1. The fourth-order valence-corrected chi connectivity index (χ4v) is 3.07. The molecule has 0 saturated carbocycles. The standard InChI is InChI=1S/C20H23N3O2/c1-4-8-23(3)20(25)16-11-15-17(21-22-18(15)12-19(16)24)10-14-7-5-6-13(2)9-14/h5-7,9,11-12,24H,4,8,10H2,1-3H3,(H,21,22). The van der Waals surface area contributed by atoms with Gasteiger partial charge in [-0.2, -0.15) is 5.10 Å². The Labute approximate surface area is 147 Å². The number of fused-ring (bicyclic) bond motifs is 1. The van der Waals surface area contributed by atoms with E-state index in [4.69, 9.17) is 0 Å². The molecule has 0 aliphatic carbocycles. The smallest absolute Gasteiger partial charge is 0.257 e. The molecule has 1 amide bonds. The molecule has 5 heteroatoms. The van der Waals surface area contributed by atoms with E-state index in [1.807, 2.05) is 13.0 Å². The molecular formula is C20H23N3O2. The number of aryl methyl sites for hydroxylation is 1. The highest BCUT2D eigenvalue weighted by atomic mass is 16.3. The van der Waals surface area contributed by atoms with Gasteiger partial charge in [0, 0.05) is 31.5 Å². The van der Waals surface area contributed by atoms with Gasteiger partial charge in [-0.1, -0.05) is 36.8 Å². The molecule has 0 aliphatic heterocycles. The van der Waals surface area contributed by atoms with Crippen LogP contribution < -0.4 is 0 Å². The molecule has 0 aliphatic rings. The summed E-state index contributed by atoms with van der Waals surface area (Å²) in [5.41, 5.74) is 4.28. The van der Waals surface area contributed by atoms with Crippen molar-refractivity contribution in [2.45, 2.75) is 26.7 Å². The number of phenols is 1. The van der Waals surface area contributed by atoms with Crippen LogP contribution in [0.25, 0.3) is 10.9 Å². The lowest BCUT2D eigenvalue weighted by atomic mass is 10.0. The normalized spacial score (nSPS) is 11.0. The van der Waals surface area contributed by atoms with Crippen LogP contribution in [-0.2, 0) is 6.42 Å². The van der Waals surface area contributed by atoms with Gasteiger partial charge < -0.3 is 10.0 Å². The van der Waals surface area contributed by atoms with E-state index in [2.05, 4.69) is 35.3 Å². The van der Waals surface area contributed by atoms with Crippen molar-refractivity contribution >= 4 is 16.8 Å². The molecule has 2 aromatic carbocycles. The van der Waals surface area contributed by atoms with E-state index in [-0.39, 0.29) is 11.7 Å². The molecule has 25 heavy (non-hydrogen) atoms. The number of amides is 1. The first-order chi connectivity index (χ1) is 12.0. The predicted octanol–water partition coefficient (Wildman–Crippen LogP) is 3.65. The van der Waals surface area contributed by atoms with E-state index in [1.54, 1.807) is 24.1 Å². The van der Waals surface area contributed by atoms with Crippen LogP contribution in [0.2, 0.25) is 0 Å². The molecular weight excluding hydrogens is 314 g/mol. The Balaban J connectivity index is 1.99. The third-order valence-electron chi connectivity index (χ3n) is 4.35. The number of benzene rings is 2. The fraction of sp³-hybridized carbons (Fsp3) is 0.300. The number of hydrogen-bond acceptors (Lipinski definition) is 3. The van der Waals surface area contributed by atoms with E-state index in [9.17, 15) is 9.90 Å². The first kappa shape index (κ1) is 17.0. The van der Waals surface area contributed by atoms with E-state index < -0.39 is 0 Å². The fourth-order valence-electron chi connectivity index (χ4n) is 3.07. The monoisotopic (exact) mass is 337 g/mol. The summed E-state index contributed by atoms with van der Waals surface area (Å²) in [4.78, 5) is 14.2. The second-order valence-electron chi connectivity index (χ2n) is 6.48. The number of carbonyl (C=O) groups is 1. The Kier molecular flexibility index (Phi) is 4.74. The zero-order chi connectivity index (χ0) is 18.0. The van der Waals surface area contributed by atoms with Crippen molar-refractivity contribution in [3.63, 3.8) is 0 Å². The van der Waals surface area contributed by atoms with Crippen LogP contribution in [0, 0.1) is 6.92 Å². The molecule has 0 bridgehead atoms. The topological polar surface area (TPSA) is 69.2 Å². The van der Waals surface area contributed by atoms with Crippen molar-refractivity contribution in [1.29, 1.82) is 0 Å². The Morgan fingerprint density at radius 2 is 2.08 bits per heavy atom. The average Bonchev–Trinajstić information content (AvgIpc) is 2.95. The molecule has 1 heterocycles. The molecule has 1 aromatic heterocycles. The highest BCUT2D eigenvalue weighted by Gasteiger charge is 2.18. The van der Waals surface area contributed by atoms with E-state index >= 15 is 0 Å². The molecule has 0 fully saturated rings. The summed E-state index contributed by atoms with van der Waals surface area (Å²) in [5, 5.41) is 18.4. The van der Waals surface area contributed by atoms with E-state index in [1.165, 1.54) is 5.56 Å². The maximum Gasteiger partial charge on any atom is 0.257 e. The lowest BCUT2D eigenvalue weighted by Crippen LogP contribution is -2.27. The van der Waals surface area contributed by atoms with Gasteiger partial charge in [-0.3, -0.25) is 9.89 Å². The number of hydrogen-bond donors (Lipinski definition) is 2. The summed E-state index contributed by atoms with van der Waals surface area (Å²) in [6.07, 6.45) is 1.54. The minimum Gasteiger partial charge on any atom is -0.507 e. The summed E-state index contributed by atoms with van der Waals surface area (Å²) < 4.78 is 0. The molecule has 130 valence electrons. The molecule has 0 saturated heterocycles. The zero-order valence-corrected chi connectivity index (χ0v) is 14.8. The molecule has 3 aromatic rings. The summed E-state index contributed by atoms with van der Waals surface area (Å²) >= 11 is 0. The second-order valence-corrected chi connectivity index (χ2v) is 6.48. The lowest BCUT2D eigenvalue weighted by molar-refractivity contribution is 0.0792. The minimum atomic E-state index is -0.177. The van der Waals surface area contributed by atoms with E-state index in [0.29, 0.717) is 18.5 Å². The average molecular weight is 337 g/mol. The van der Waals surface area contributed by atoms with Crippen LogP contribution in [0.3, 0.4) is 0 Å². The number of nitrogens with one attached hydrogen (secondary N) is 1. The highest BCUT2D eigenvalue weighted by Crippen LogP contribution is 2.28. The predicted molar refractivity (Wildman–Crippen MR) is 99.0 cm³/mol. The van der Waals surface area contributed by atoms with Gasteiger partial charge in [0.15, 0.2) is 0 Å². The molecule has 0 spiro atoms. The highest BCUT2D eigenvalue weighted by molar-refractivity contribution is 6.01. The number of aromatic hydroxyl groups is 1. The number of H-pyrrole nitrogens is 1. The van der Waals surface area contributed by atoms with Gasteiger partial charge in [0.1, 0.15) is 5.75 Å².